The number of benzene rings is 1. The molecule has 4 heteroatoms. The van der Waals surface area contributed by atoms with Crippen LogP contribution in [-0.2, 0) is 20.7 Å². The average molecular weight is 292 g/mol. The highest BCUT2D eigenvalue weighted by molar-refractivity contribution is 5.75. The molecule has 0 heterocycles. The van der Waals surface area contributed by atoms with E-state index in [1.54, 1.807) is 6.92 Å². The second kappa shape index (κ2) is 7.81. The van der Waals surface area contributed by atoms with Crippen LogP contribution in [-0.4, -0.2) is 24.0 Å². The number of carbonyl (C=O) groups is 2. The minimum atomic E-state index is -0.463. The van der Waals surface area contributed by atoms with Crippen molar-refractivity contribution in [1.82, 2.24) is 0 Å². The van der Waals surface area contributed by atoms with Crippen molar-refractivity contribution in [3.05, 3.63) is 29.8 Å². The number of esters is 1. The summed E-state index contributed by atoms with van der Waals surface area (Å²) in [6.07, 6.45) is 1.52. The topological polar surface area (TPSA) is 52.6 Å². The molecule has 0 aliphatic heterocycles. The lowest BCUT2D eigenvalue weighted by Gasteiger charge is -2.19. The summed E-state index contributed by atoms with van der Waals surface area (Å²) in [5.41, 5.74) is 0.639. The summed E-state index contributed by atoms with van der Waals surface area (Å²) < 4.78 is 10.7. The Labute approximate surface area is 126 Å². The van der Waals surface area contributed by atoms with Gasteiger partial charge in [0.25, 0.3) is 0 Å². The number of hydrogen-bond acceptors (Lipinski definition) is 4. The summed E-state index contributed by atoms with van der Waals surface area (Å²) in [7, 11) is 0. The van der Waals surface area contributed by atoms with E-state index in [0.717, 1.165) is 12.0 Å². The van der Waals surface area contributed by atoms with E-state index < -0.39 is 5.60 Å². The standard InChI is InChI=1S/C17H24O4/c1-13(18)5-6-14-7-9-15(10-8-14)20-12-11-16(19)21-17(2,3)4/h7-10H,5-6,11-12H2,1-4H3. The summed E-state index contributed by atoms with van der Waals surface area (Å²) in [5, 5.41) is 0. The van der Waals surface area contributed by atoms with E-state index in [1.807, 2.05) is 45.0 Å². The number of rotatable bonds is 7. The van der Waals surface area contributed by atoms with Gasteiger partial charge in [-0.1, -0.05) is 12.1 Å². The summed E-state index contributed by atoms with van der Waals surface area (Å²) in [4.78, 5) is 22.4. The first-order chi connectivity index (χ1) is 9.76. The molecule has 4 nitrogen and oxygen atoms in total. The van der Waals surface area contributed by atoms with Gasteiger partial charge >= 0.3 is 5.97 Å². The van der Waals surface area contributed by atoms with Crippen LogP contribution in [0.3, 0.4) is 0 Å². The molecule has 1 aromatic carbocycles. The molecule has 0 radical (unpaired) electrons. The van der Waals surface area contributed by atoms with Crippen molar-refractivity contribution in [3.63, 3.8) is 0 Å². The highest BCUT2D eigenvalue weighted by Gasteiger charge is 2.15. The Morgan fingerprint density at radius 3 is 2.19 bits per heavy atom. The first-order valence-corrected chi connectivity index (χ1v) is 7.19. The van der Waals surface area contributed by atoms with Gasteiger partial charge in [0, 0.05) is 6.42 Å². The molecular weight excluding hydrogens is 268 g/mol. The fourth-order valence-electron chi connectivity index (χ4n) is 1.72. The minimum Gasteiger partial charge on any atom is -0.493 e. The quantitative estimate of drug-likeness (QED) is 0.723. The summed E-state index contributed by atoms with van der Waals surface area (Å²) in [6, 6.07) is 7.58. The SMILES string of the molecule is CC(=O)CCc1ccc(OCCC(=O)OC(C)(C)C)cc1. The van der Waals surface area contributed by atoms with Crippen molar-refractivity contribution >= 4 is 11.8 Å². The average Bonchev–Trinajstić information content (AvgIpc) is 2.35. The van der Waals surface area contributed by atoms with Crippen LogP contribution >= 0.6 is 0 Å². The predicted molar refractivity (Wildman–Crippen MR) is 81.4 cm³/mol. The van der Waals surface area contributed by atoms with Crippen LogP contribution in [0.15, 0.2) is 24.3 Å². The zero-order valence-electron chi connectivity index (χ0n) is 13.3. The van der Waals surface area contributed by atoms with E-state index in [2.05, 4.69) is 0 Å². The Hall–Kier alpha value is -1.84. The maximum Gasteiger partial charge on any atom is 0.309 e. The number of ether oxygens (including phenoxy) is 2. The molecule has 0 saturated carbocycles. The van der Waals surface area contributed by atoms with Gasteiger partial charge in [-0.05, 0) is 51.8 Å². The summed E-state index contributed by atoms with van der Waals surface area (Å²) in [5.74, 6) is 0.637. The van der Waals surface area contributed by atoms with E-state index in [0.29, 0.717) is 18.8 Å². The fourth-order valence-corrected chi connectivity index (χ4v) is 1.72. The molecule has 21 heavy (non-hydrogen) atoms. The van der Waals surface area contributed by atoms with Gasteiger partial charge in [0.15, 0.2) is 0 Å². The predicted octanol–water partition coefficient (Wildman–Crippen LogP) is 3.32. The molecule has 1 aromatic rings. The molecule has 0 saturated heterocycles. The lowest BCUT2D eigenvalue weighted by Crippen LogP contribution is -2.24. The molecule has 0 aromatic heterocycles. The fraction of sp³-hybridized carbons (Fsp3) is 0.529. The van der Waals surface area contributed by atoms with Crippen molar-refractivity contribution in [2.75, 3.05) is 6.61 Å². The summed E-state index contributed by atoms with van der Waals surface area (Å²) >= 11 is 0. The van der Waals surface area contributed by atoms with Gasteiger partial charge in [-0.2, -0.15) is 0 Å². The molecule has 116 valence electrons. The van der Waals surface area contributed by atoms with E-state index in [9.17, 15) is 9.59 Å². The Balaban J connectivity index is 2.33. The molecule has 1 rings (SSSR count). The largest absolute Gasteiger partial charge is 0.493 e. The Morgan fingerprint density at radius 1 is 1.05 bits per heavy atom. The highest BCUT2D eigenvalue weighted by atomic mass is 16.6. The zero-order valence-corrected chi connectivity index (χ0v) is 13.3. The number of ketones is 1. The third-order valence-corrected chi connectivity index (χ3v) is 2.68. The van der Waals surface area contributed by atoms with Gasteiger partial charge in [0.2, 0.25) is 0 Å². The van der Waals surface area contributed by atoms with Crippen molar-refractivity contribution in [3.8, 4) is 5.75 Å². The molecule has 0 unspecified atom stereocenters. The molecule has 0 N–H and O–H groups in total. The first-order valence-electron chi connectivity index (χ1n) is 7.19. The number of Topliss-reactive ketones (excluding diaryl/α,β-unsaturated/α-hetero) is 1. The van der Waals surface area contributed by atoms with Crippen molar-refractivity contribution in [2.24, 2.45) is 0 Å². The van der Waals surface area contributed by atoms with E-state index >= 15 is 0 Å². The first kappa shape index (κ1) is 17.2. The third-order valence-electron chi connectivity index (χ3n) is 2.68. The van der Waals surface area contributed by atoms with Gasteiger partial charge < -0.3 is 14.3 Å². The van der Waals surface area contributed by atoms with Crippen LogP contribution < -0.4 is 4.74 Å². The zero-order chi connectivity index (χ0) is 15.9. The lowest BCUT2D eigenvalue weighted by molar-refractivity contribution is -0.155. The normalized spacial score (nSPS) is 11.0. The van der Waals surface area contributed by atoms with Crippen molar-refractivity contribution in [2.45, 2.75) is 52.6 Å². The molecule has 0 aliphatic carbocycles. The Kier molecular flexibility index (Phi) is 6.40. The highest BCUT2D eigenvalue weighted by Crippen LogP contribution is 2.14. The van der Waals surface area contributed by atoms with E-state index in [1.165, 1.54) is 0 Å². The molecule has 0 aliphatic rings. The van der Waals surface area contributed by atoms with Crippen molar-refractivity contribution in [1.29, 1.82) is 0 Å². The molecular formula is C17H24O4. The maximum atomic E-state index is 11.5. The number of aryl methyl sites for hydroxylation is 1. The van der Waals surface area contributed by atoms with E-state index in [4.69, 9.17) is 9.47 Å². The van der Waals surface area contributed by atoms with Gasteiger partial charge in [-0.3, -0.25) is 4.79 Å². The molecule has 0 atom stereocenters. The smallest absolute Gasteiger partial charge is 0.309 e. The summed E-state index contributed by atoms with van der Waals surface area (Å²) in [6.45, 7) is 7.40. The molecule has 0 fully saturated rings. The van der Waals surface area contributed by atoms with Gasteiger partial charge in [0.1, 0.15) is 17.1 Å². The van der Waals surface area contributed by atoms with Crippen LogP contribution in [0, 0.1) is 0 Å². The van der Waals surface area contributed by atoms with E-state index in [-0.39, 0.29) is 18.2 Å². The van der Waals surface area contributed by atoms with Crippen LogP contribution in [0.1, 0.15) is 46.1 Å². The van der Waals surface area contributed by atoms with Gasteiger partial charge in [-0.15, -0.1) is 0 Å². The van der Waals surface area contributed by atoms with Crippen LogP contribution in [0.25, 0.3) is 0 Å². The third kappa shape index (κ3) is 8.12. The van der Waals surface area contributed by atoms with Crippen LogP contribution in [0.5, 0.6) is 5.75 Å². The maximum absolute atomic E-state index is 11.5. The second-order valence-corrected chi connectivity index (χ2v) is 6.03. The van der Waals surface area contributed by atoms with Crippen LogP contribution in [0.4, 0.5) is 0 Å². The number of carbonyl (C=O) groups excluding carboxylic acids is 2. The molecule has 0 spiro atoms. The lowest BCUT2D eigenvalue weighted by atomic mass is 10.1. The monoisotopic (exact) mass is 292 g/mol. The van der Waals surface area contributed by atoms with Gasteiger partial charge in [0.05, 0.1) is 13.0 Å². The Morgan fingerprint density at radius 2 is 1.67 bits per heavy atom. The number of hydrogen-bond donors (Lipinski definition) is 0. The Bertz CT molecular complexity index is 469. The molecule has 0 amide bonds. The second-order valence-electron chi connectivity index (χ2n) is 6.03. The van der Waals surface area contributed by atoms with Crippen molar-refractivity contribution < 1.29 is 19.1 Å². The van der Waals surface area contributed by atoms with Gasteiger partial charge in [-0.25, -0.2) is 0 Å². The molecule has 0 bridgehead atoms. The minimum absolute atomic E-state index is 0.188. The van der Waals surface area contributed by atoms with Crippen LogP contribution in [0.2, 0.25) is 0 Å².